The standard InChI is InChI=1S/C19H23N3O/c1-13-2-5-17(6-3-13)22-19-20-11-16(12-21-19)14-4-7-18-15(10-14)8-9-23-18/h4,7,10-13,17H,2-3,5-6,8-9H2,1H3,(H,20,21,22)/t13-,17-. The number of hydrogen-bond acceptors (Lipinski definition) is 4. The van der Waals surface area contributed by atoms with Crippen LogP contribution >= 0.6 is 0 Å². The molecule has 1 aliphatic carbocycles. The molecule has 1 aliphatic heterocycles. The van der Waals surface area contributed by atoms with Gasteiger partial charge in [0.1, 0.15) is 5.75 Å². The first-order valence-electron chi connectivity index (χ1n) is 8.62. The van der Waals surface area contributed by atoms with E-state index in [1.54, 1.807) is 0 Å². The van der Waals surface area contributed by atoms with Gasteiger partial charge >= 0.3 is 0 Å². The number of benzene rings is 1. The molecule has 0 spiro atoms. The van der Waals surface area contributed by atoms with E-state index in [0.29, 0.717) is 6.04 Å². The number of aromatic nitrogens is 2. The second-order valence-electron chi connectivity index (χ2n) is 6.82. The van der Waals surface area contributed by atoms with Crippen LogP contribution in [0.25, 0.3) is 11.1 Å². The Balaban J connectivity index is 1.45. The Hall–Kier alpha value is -2.10. The highest BCUT2D eigenvalue weighted by molar-refractivity contribution is 5.65. The molecule has 1 fully saturated rings. The number of rotatable bonds is 3. The normalized spacial score (nSPS) is 23.2. The van der Waals surface area contributed by atoms with Gasteiger partial charge < -0.3 is 10.1 Å². The molecule has 0 amide bonds. The second-order valence-corrected chi connectivity index (χ2v) is 6.82. The molecule has 0 radical (unpaired) electrons. The van der Waals surface area contributed by atoms with Crippen molar-refractivity contribution < 1.29 is 4.74 Å². The molecular formula is C19H23N3O. The van der Waals surface area contributed by atoms with Gasteiger partial charge in [-0.3, -0.25) is 0 Å². The number of ether oxygens (including phenoxy) is 1. The fourth-order valence-corrected chi connectivity index (χ4v) is 3.50. The third-order valence-electron chi connectivity index (χ3n) is 5.02. The van der Waals surface area contributed by atoms with Crippen LogP contribution in [0.2, 0.25) is 0 Å². The van der Waals surface area contributed by atoms with Crippen LogP contribution < -0.4 is 10.1 Å². The van der Waals surface area contributed by atoms with Crippen LogP contribution in [-0.4, -0.2) is 22.6 Å². The average Bonchev–Trinajstić information content (AvgIpc) is 3.05. The minimum absolute atomic E-state index is 0.522. The number of nitrogens with zero attached hydrogens (tertiary/aromatic N) is 2. The summed E-state index contributed by atoms with van der Waals surface area (Å²) in [5.41, 5.74) is 3.50. The van der Waals surface area contributed by atoms with Crippen molar-refractivity contribution in [1.29, 1.82) is 0 Å². The Bertz CT molecular complexity index is 676. The molecule has 23 heavy (non-hydrogen) atoms. The largest absolute Gasteiger partial charge is 0.493 e. The van der Waals surface area contributed by atoms with Gasteiger partial charge in [-0.1, -0.05) is 13.0 Å². The van der Waals surface area contributed by atoms with Gasteiger partial charge in [0.2, 0.25) is 5.95 Å². The van der Waals surface area contributed by atoms with E-state index in [1.165, 1.54) is 31.2 Å². The molecular weight excluding hydrogens is 286 g/mol. The summed E-state index contributed by atoms with van der Waals surface area (Å²) < 4.78 is 5.56. The summed E-state index contributed by atoms with van der Waals surface area (Å²) in [6.45, 7) is 3.13. The molecule has 1 N–H and O–H groups in total. The lowest BCUT2D eigenvalue weighted by atomic mass is 9.87. The minimum Gasteiger partial charge on any atom is -0.493 e. The zero-order chi connectivity index (χ0) is 15.6. The van der Waals surface area contributed by atoms with E-state index in [2.05, 4.69) is 34.3 Å². The molecule has 1 aromatic carbocycles. The summed E-state index contributed by atoms with van der Waals surface area (Å²) in [5, 5.41) is 3.48. The van der Waals surface area contributed by atoms with Crippen LogP contribution in [0, 0.1) is 5.92 Å². The maximum atomic E-state index is 5.56. The molecule has 4 nitrogen and oxygen atoms in total. The second kappa shape index (κ2) is 6.19. The molecule has 1 aromatic heterocycles. The zero-order valence-electron chi connectivity index (χ0n) is 13.6. The molecule has 0 atom stereocenters. The molecule has 0 unspecified atom stereocenters. The van der Waals surface area contributed by atoms with Gasteiger partial charge in [-0.25, -0.2) is 9.97 Å². The highest BCUT2D eigenvalue weighted by Gasteiger charge is 2.18. The lowest BCUT2D eigenvalue weighted by Gasteiger charge is -2.26. The predicted octanol–water partition coefficient (Wildman–Crippen LogP) is 4.07. The maximum absolute atomic E-state index is 5.56. The summed E-state index contributed by atoms with van der Waals surface area (Å²) in [6, 6.07) is 6.84. The molecule has 4 heteroatoms. The smallest absolute Gasteiger partial charge is 0.222 e. The van der Waals surface area contributed by atoms with Gasteiger partial charge in [0, 0.05) is 30.4 Å². The molecule has 1 saturated carbocycles. The number of anilines is 1. The third kappa shape index (κ3) is 3.16. The van der Waals surface area contributed by atoms with Crippen molar-refractivity contribution in [3.05, 3.63) is 36.2 Å². The Morgan fingerprint density at radius 3 is 2.61 bits per heavy atom. The highest BCUT2D eigenvalue weighted by atomic mass is 16.5. The molecule has 2 aromatic rings. The van der Waals surface area contributed by atoms with Crippen LogP contribution in [-0.2, 0) is 6.42 Å². The maximum Gasteiger partial charge on any atom is 0.222 e. The molecule has 0 saturated heterocycles. The van der Waals surface area contributed by atoms with Crippen molar-refractivity contribution >= 4 is 5.95 Å². The van der Waals surface area contributed by atoms with Gasteiger partial charge in [-0.2, -0.15) is 0 Å². The van der Waals surface area contributed by atoms with E-state index in [0.717, 1.165) is 41.8 Å². The summed E-state index contributed by atoms with van der Waals surface area (Å²) in [7, 11) is 0. The molecule has 2 aliphatic rings. The van der Waals surface area contributed by atoms with Crippen molar-refractivity contribution in [2.24, 2.45) is 5.92 Å². The van der Waals surface area contributed by atoms with E-state index in [4.69, 9.17) is 4.74 Å². The SMILES string of the molecule is C[C@H]1CC[C@H](Nc2ncc(-c3ccc4c(c3)CCO4)cn2)CC1. The summed E-state index contributed by atoms with van der Waals surface area (Å²) in [4.78, 5) is 9.02. The first-order chi connectivity index (χ1) is 11.3. The lowest BCUT2D eigenvalue weighted by molar-refractivity contribution is 0.357. The molecule has 0 bridgehead atoms. The predicted molar refractivity (Wildman–Crippen MR) is 91.7 cm³/mol. The molecule has 2 heterocycles. The summed E-state index contributed by atoms with van der Waals surface area (Å²) in [5.74, 6) is 2.62. The van der Waals surface area contributed by atoms with Crippen molar-refractivity contribution in [3.8, 4) is 16.9 Å². The Morgan fingerprint density at radius 2 is 1.83 bits per heavy atom. The first-order valence-corrected chi connectivity index (χ1v) is 8.62. The van der Waals surface area contributed by atoms with Crippen LogP contribution in [0.15, 0.2) is 30.6 Å². The zero-order valence-corrected chi connectivity index (χ0v) is 13.6. The van der Waals surface area contributed by atoms with Crippen LogP contribution in [0.3, 0.4) is 0 Å². The summed E-state index contributed by atoms with van der Waals surface area (Å²) in [6.07, 6.45) is 9.86. The van der Waals surface area contributed by atoms with E-state index >= 15 is 0 Å². The Morgan fingerprint density at radius 1 is 1.04 bits per heavy atom. The highest BCUT2D eigenvalue weighted by Crippen LogP contribution is 2.30. The van der Waals surface area contributed by atoms with Gasteiger partial charge in [-0.15, -0.1) is 0 Å². The van der Waals surface area contributed by atoms with Crippen LogP contribution in [0.4, 0.5) is 5.95 Å². The van der Waals surface area contributed by atoms with Crippen molar-refractivity contribution in [3.63, 3.8) is 0 Å². The van der Waals surface area contributed by atoms with Gasteiger partial charge in [0.15, 0.2) is 0 Å². The van der Waals surface area contributed by atoms with Gasteiger partial charge in [0.25, 0.3) is 0 Å². The van der Waals surface area contributed by atoms with Crippen molar-refractivity contribution in [1.82, 2.24) is 9.97 Å². The van der Waals surface area contributed by atoms with E-state index in [1.807, 2.05) is 18.5 Å². The monoisotopic (exact) mass is 309 g/mol. The molecule has 4 rings (SSSR count). The first kappa shape index (κ1) is 14.5. The van der Waals surface area contributed by atoms with Gasteiger partial charge in [-0.05, 0) is 54.9 Å². The van der Waals surface area contributed by atoms with Crippen molar-refractivity contribution in [2.45, 2.75) is 45.1 Å². The topological polar surface area (TPSA) is 47.0 Å². The lowest BCUT2D eigenvalue weighted by Crippen LogP contribution is -2.26. The van der Waals surface area contributed by atoms with Gasteiger partial charge in [0.05, 0.1) is 6.61 Å². The quantitative estimate of drug-likeness (QED) is 0.928. The van der Waals surface area contributed by atoms with Crippen LogP contribution in [0.1, 0.15) is 38.2 Å². The Kier molecular flexibility index (Phi) is 3.90. The van der Waals surface area contributed by atoms with E-state index in [-0.39, 0.29) is 0 Å². The number of nitrogens with one attached hydrogen (secondary N) is 1. The summed E-state index contributed by atoms with van der Waals surface area (Å²) >= 11 is 0. The third-order valence-corrected chi connectivity index (χ3v) is 5.02. The number of hydrogen-bond donors (Lipinski definition) is 1. The Labute approximate surface area is 137 Å². The molecule has 120 valence electrons. The fourth-order valence-electron chi connectivity index (χ4n) is 3.50. The average molecular weight is 309 g/mol. The van der Waals surface area contributed by atoms with Crippen LogP contribution in [0.5, 0.6) is 5.75 Å². The fraction of sp³-hybridized carbons (Fsp3) is 0.474. The van der Waals surface area contributed by atoms with E-state index < -0.39 is 0 Å². The minimum atomic E-state index is 0.522. The number of fused-ring (bicyclic) bond motifs is 1. The van der Waals surface area contributed by atoms with E-state index in [9.17, 15) is 0 Å². The van der Waals surface area contributed by atoms with Crippen molar-refractivity contribution in [2.75, 3.05) is 11.9 Å².